The zero-order valence-corrected chi connectivity index (χ0v) is 19.1. The summed E-state index contributed by atoms with van der Waals surface area (Å²) in [7, 11) is 0. The van der Waals surface area contributed by atoms with Crippen LogP contribution < -0.4 is 10.6 Å². The Bertz CT molecular complexity index is 1230. The van der Waals surface area contributed by atoms with Crippen LogP contribution in [-0.2, 0) is 9.59 Å². The Morgan fingerprint density at radius 1 is 1.15 bits per heavy atom. The molecule has 1 aromatic heterocycles. The average Bonchev–Trinajstić information content (AvgIpc) is 2.71. The molecule has 2 aliphatic rings. The van der Waals surface area contributed by atoms with E-state index in [-0.39, 0.29) is 22.8 Å². The van der Waals surface area contributed by atoms with Crippen LogP contribution in [0.5, 0.6) is 0 Å². The lowest BCUT2D eigenvalue weighted by Crippen LogP contribution is -2.39. The second-order valence-electron chi connectivity index (χ2n) is 9.40. The second-order valence-corrected chi connectivity index (χ2v) is 9.40. The van der Waals surface area contributed by atoms with Crippen LogP contribution in [0.3, 0.4) is 0 Å². The van der Waals surface area contributed by atoms with Crippen LogP contribution >= 0.6 is 0 Å². The van der Waals surface area contributed by atoms with Crippen molar-refractivity contribution in [3.8, 4) is 0 Å². The van der Waals surface area contributed by atoms with Gasteiger partial charge in [-0.15, -0.1) is 0 Å². The van der Waals surface area contributed by atoms with Crippen LogP contribution in [0.4, 0.5) is 11.5 Å². The fourth-order valence-electron chi connectivity index (χ4n) is 4.66. The summed E-state index contributed by atoms with van der Waals surface area (Å²) >= 11 is 0. The predicted molar refractivity (Wildman–Crippen MR) is 124 cm³/mol. The topological polar surface area (TPSA) is 114 Å². The highest BCUT2D eigenvalue weighted by Gasteiger charge is 2.42. The van der Waals surface area contributed by atoms with Gasteiger partial charge in [-0.1, -0.05) is 32.0 Å². The number of hydrogen-bond acceptors (Lipinski definition) is 6. The van der Waals surface area contributed by atoms with Gasteiger partial charge in [0.1, 0.15) is 5.82 Å². The number of carbonyl (C=O) groups excluding carboxylic acids is 2. The van der Waals surface area contributed by atoms with E-state index in [1.54, 1.807) is 24.3 Å². The lowest BCUT2D eigenvalue weighted by Gasteiger charge is -2.39. The van der Waals surface area contributed by atoms with E-state index in [2.05, 4.69) is 15.6 Å². The van der Waals surface area contributed by atoms with Crippen molar-refractivity contribution >= 4 is 23.2 Å². The van der Waals surface area contributed by atoms with Crippen LogP contribution in [0.2, 0.25) is 0 Å². The quantitative estimate of drug-likeness (QED) is 0.526. The minimum atomic E-state index is -0.629. The van der Waals surface area contributed by atoms with Crippen molar-refractivity contribution in [2.75, 3.05) is 5.32 Å². The number of nitro groups is 1. The number of nitro benzene ring substituents is 1. The van der Waals surface area contributed by atoms with Crippen molar-refractivity contribution in [3.63, 3.8) is 0 Å². The van der Waals surface area contributed by atoms with Crippen molar-refractivity contribution < 1.29 is 14.5 Å². The number of anilines is 1. The number of Topliss-reactive ketones (excluding diaryl/α,β-unsaturated/α-hetero) is 1. The van der Waals surface area contributed by atoms with Gasteiger partial charge in [-0.25, -0.2) is 4.98 Å². The summed E-state index contributed by atoms with van der Waals surface area (Å²) in [6.45, 7) is 7.73. The molecule has 8 nitrogen and oxygen atoms in total. The highest BCUT2D eigenvalue weighted by Crippen LogP contribution is 2.46. The van der Waals surface area contributed by atoms with Gasteiger partial charge in [-0.3, -0.25) is 19.7 Å². The molecule has 0 saturated heterocycles. The minimum absolute atomic E-state index is 0.0245. The molecule has 2 aromatic rings. The molecule has 0 saturated carbocycles. The number of pyridine rings is 1. The van der Waals surface area contributed by atoms with E-state index >= 15 is 0 Å². The maximum atomic E-state index is 13.5. The normalized spacial score (nSPS) is 19.6. The number of ketones is 1. The molecule has 33 heavy (non-hydrogen) atoms. The molecular weight excluding hydrogens is 420 g/mol. The number of nitrogens with zero attached hydrogens (tertiary/aromatic N) is 2. The van der Waals surface area contributed by atoms with Crippen molar-refractivity contribution in [2.24, 2.45) is 5.41 Å². The highest BCUT2D eigenvalue weighted by atomic mass is 16.6. The molecule has 0 bridgehead atoms. The number of rotatable bonds is 4. The molecule has 1 aliphatic heterocycles. The first kappa shape index (κ1) is 22.4. The van der Waals surface area contributed by atoms with E-state index in [9.17, 15) is 19.7 Å². The number of aromatic nitrogens is 1. The van der Waals surface area contributed by atoms with Crippen molar-refractivity contribution in [1.82, 2.24) is 10.3 Å². The number of nitrogens with one attached hydrogen (secondary N) is 2. The molecular formula is C25H26N4O4. The molecule has 1 aromatic carbocycles. The van der Waals surface area contributed by atoms with Gasteiger partial charge in [0.25, 0.3) is 11.6 Å². The molecule has 0 spiro atoms. The van der Waals surface area contributed by atoms with Gasteiger partial charge in [0.05, 0.1) is 4.92 Å². The molecule has 2 heterocycles. The molecule has 1 unspecified atom stereocenters. The first-order valence-corrected chi connectivity index (χ1v) is 10.8. The molecule has 0 radical (unpaired) electrons. The summed E-state index contributed by atoms with van der Waals surface area (Å²) in [5, 5.41) is 17.3. The zero-order chi connectivity index (χ0) is 23.9. The Morgan fingerprint density at radius 3 is 2.48 bits per heavy atom. The molecule has 8 heteroatoms. The summed E-state index contributed by atoms with van der Waals surface area (Å²) in [5.41, 5.74) is 3.58. The first-order valence-electron chi connectivity index (χ1n) is 10.8. The summed E-state index contributed by atoms with van der Waals surface area (Å²) < 4.78 is 0. The van der Waals surface area contributed by atoms with E-state index in [1.807, 2.05) is 33.8 Å². The van der Waals surface area contributed by atoms with E-state index < -0.39 is 10.8 Å². The van der Waals surface area contributed by atoms with Crippen LogP contribution in [0.25, 0.3) is 0 Å². The number of hydrogen-bond donors (Lipinski definition) is 2. The molecule has 0 fully saturated rings. The molecule has 1 amide bonds. The number of non-ortho nitro benzene ring substituents is 1. The predicted octanol–water partition coefficient (Wildman–Crippen LogP) is 4.54. The number of allylic oxidation sites excluding steroid dienone is 3. The number of benzene rings is 1. The summed E-state index contributed by atoms with van der Waals surface area (Å²) in [6.07, 6.45) is 1.04. The summed E-state index contributed by atoms with van der Waals surface area (Å²) in [4.78, 5) is 41.8. The van der Waals surface area contributed by atoms with Crippen molar-refractivity contribution in [1.29, 1.82) is 0 Å². The van der Waals surface area contributed by atoms with Gasteiger partial charge in [0.15, 0.2) is 5.78 Å². The highest BCUT2D eigenvalue weighted by molar-refractivity contribution is 6.09. The maximum absolute atomic E-state index is 13.5. The minimum Gasteiger partial charge on any atom is -0.362 e. The molecule has 1 atom stereocenters. The maximum Gasteiger partial charge on any atom is 0.269 e. The molecule has 170 valence electrons. The zero-order valence-electron chi connectivity index (χ0n) is 19.1. The Morgan fingerprint density at radius 2 is 1.85 bits per heavy atom. The monoisotopic (exact) mass is 446 g/mol. The average molecular weight is 447 g/mol. The third-order valence-corrected chi connectivity index (χ3v) is 6.05. The van der Waals surface area contributed by atoms with Crippen molar-refractivity contribution in [2.45, 2.75) is 46.5 Å². The fourth-order valence-corrected chi connectivity index (χ4v) is 4.66. The van der Waals surface area contributed by atoms with Crippen LogP contribution in [0.1, 0.15) is 50.8 Å². The SMILES string of the molecule is CC1=C(C(=O)Nc2cccc(C)n2)C(c2ccc([N+](=O)[O-])cc2)C2=C(CC(C)(C)CC2=O)N1. The number of aryl methyl sites for hydroxylation is 1. The number of carbonyl (C=O) groups is 2. The number of dihydropyridines is 1. The molecule has 2 N–H and O–H groups in total. The first-order chi connectivity index (χ1) is 15.6. The fraction of sp³-hybridized carbons (Fsp3) is 0.320. The third kappa shape index (κ3) is 4.41. The van der Waals surface area contributed by atoms with Crippen LogP contribution in [0.15, 0.2) is 65.0 Å². The standard InChI is InChI=1S/C25H26N4O4/c1-14-6-5-7-20(26-14)28-24(31)21-15(2)27-18-12-25(3,4)13-19(30)23(18)22(21)16-8-10-17(11-9-16)29(32)33/h5-11,22,27H,12-13H2,1-4H3,(H,26,28,31). The van der Waals surface area contributed by atoms with Gasteiger partial charge < -0.3 is 10.6 Å². The van der Waals surface area contributed by atoms with Gasteiger partial charge in [0.2, 0.25) is 0 Å². The third-order valence-electron chi connectivity index (χ3n) is 6.05. The molecule has 4 rings (SSSR count). The van der Waals surface area contributed by atoms with Crippen molar-refractivity contribution in [3.05, 3.63) is 86.4 Å². The number of amides is 1. The Kier molecular flexibility index (Phi) is 5.61. The van der Waals surface area contributed by atoms with Gasteiger partial charge in [-0.2, -0.15) is 0 Å². The van der Waals surface area contributed by atoms with E-state index in [1.165, 1.54) is 12.1 Å². The van der Waals surface area contributed by atoms with E-state index in [0.717, 1.165) is 11.4 Å². The van der Waals surface area contributed by atoms with Gasteiger partial charge >= 0.3 is 0 Å². The lowest BCUT2D eigenvalue weighted by molar-refractivity contribution is -0.384. The van der Waals surface area contributed by atoms with E-state index in [4.69, 9.17) is 0 Å². The smallest absolute Gasteiger partial charge is 0.269 e. The largest absolute Gasteiger partial charge is 0.362 e. The van der Waals surface area contributed by atoms with Crippen LogP contribution in [0, 0.1) is 22.5 Å². The summed E-state index contributed by atoms with van der Waals surface area (Å²) in [5.74, 6) is -0.608. The van der Waals surface area contributed by atoms with E-state index in [0.29, 0.717) is 41.1 Å². The lowest BCUT2D eigenvalue weighted by atomic mass is 9.68. The summed E-state index contributed by atoms with van der Waals surface area (Å²) in [6, 6.07) is 11.4. The van der Waals surface area contributed by atoms with Crippen LogP contribution in [-0.4, -0.2) is 21.6 Å². The Hall–Kier alpha value is -3.81. The van der Waals surface area contributed by atoms with Gasteiger partial charge in [-0.05, 0) is 43.4 Å². The van der Waals surface area contributed by atoms with Gasteiger partial charge in [0, 0.05) is 52.7 Å². The Balaban J connectivity index is 1.81. The second kappa shape index (κ2) is 8.27. The Labute approximate surface area is 192 Å². The molecule has 1 aliphatic carbocycles.